The summed E-state index contributed by atoms with van der Waals surface area (Å²) in [5.41, 5.74) is 0.822. The molecule has 9 nitrogen and oxygen atoms in total. The standard InChI is InChI=1S/C19H20ClN3O6S/c1-12-7-8-13(30(21,27)28)9-14(12)19(26)29-11-18(25)23(2)10-17(24)22-16-6-4-3-5-15(16)20/h3-9H,10-11H2,1-2H3,(H,22,24)(H2,21,27,28). The Kier molecular flexibility index (Phi) is 7.54. The Morgan fingerprint density at radius 2 is 1.83 bits per heavy atom. The molecule has 0 aromatic heterocycles. The predicted molar refractivity (Wildman–Crippen MR) is 111 cm³/mol. The van der Waals surface area contributed by atoms with Crippen molar-refractivity contribution in [3.05, 3.63) is 58.6 Å². The minimum atomic E-state index is -4.00. The van der Waals surface area contributed by atoms with Crippen LogP contribution in [-0.2, 0) is 24.3 Å². The van der Waals surface area contributed by atoms with Crippen LogP contribution in [0.5, 0.6) is 0 Å². The molecular weight excluding hydrogens is 434 g/mol. The summed E-state index contributed by atoms with van der Waals surface area (Å²) in [6, 6.07) is 10.4. The lowest BCUT2D eigenvalue weighted by atomic mass is 10.1. The number of ether oxygens (including phenoxy) is 1. The number of amides is 2. The van der Waals surface area contributed by atoms with Gasteiger partial charge in [-0.3, -0.25) is 9.59 Å². The Morgan fingerprint density at radius 3 is 2.47 bits per heavy atom. The first-order chi connectivity index (χ1) is 14.0. The van der Waals surface area contributed by atoms with E-state index in [9.17, 15) is 22.8 Å². The second kappa shape index (κ2) is 9.70. The molecule has 2 aromatic carbocycles. The highest BCUT2D eigenvalue weighted by Crippen LogP contribution is 2.20. The monoisotopic (exact) mass is 453 g/mol. The second-order valence-electron chi connectivity index (χ2n) is 6.38. The van der Waals surface area contributed by atoms with E-state index in [4.69, 9.17) is 21.5 Å². The van der Waals surface area contributed by atoms with Crippen molar-refractivity contribution in [1.82, 2.24) is 4.90 Å². The molecule has 2 rings (SSSR count). The van der Waals surface area contributed by atoms with Crippen LogP contribution in [0.25, 0.3) is 0 Å². The number of sulfonamides is 1. The lowest BCUT2D eigenvalue weighted by Crippen LogP contribution is -2.37. The number of carbonyl (C=O) groups excluding carboxylic acids is 3. The highest BCUT2D eigenvalue weighted by molar-refractivity contribution is 7.89. The maximum absolute atomic E-state index is 12.3. The van der Waals surface area contributed by atoms with Crippen LogP contribution < -0.4 is 10.5 Å². The number of carbonyl (C=O) groups is 3. The Bertz CT molecular complexity index is 1090. The van der Waals surface area contributed by atoms with E-state index in [0.29, 0.717) is 16.3 Å². The molecule has 0 fully saturated rings. The topological polar surface area (TPSA) is 136 Å². The molecule has 0 aliphatic carbocycles. The summed E-state index contributed by atoms with van der Waals surface area (Å²) < 4.78 is 27.9. The van der Waals surface area contributed by atoms with E-state index < -0.39 is 34.4 Å². The number of para-hydroxylation sites is 1. The minimum absolute atomic E-state index is 0.0339. The number of benzene rings is 2. The van der Waals surface area contributed by atoms with Crippen LogP contribution in [0.2, 0.25) is 5.02 Å². The van der Waals surface area contributed by atoms with Gasteiger partial charge in [-0.1, -0.05) is 29.8 Å². The molecule has 0 spiro atoms. The molecule has 0 atom stereocenters. The van der Waals surface area contributed by atoms with Crippen molar-refractivity contribution in [3.63, 3.8) is 0 Å². The number of hydrogen-bond donors (Lipinski definition) is 2. The normalized spacial score (nSPS) is 10.9. The van der Waals surface area contributed by atoms with E-state index in [-0.39, 0.29) is 17.0 Å². The lowest BCUT2D eigenvalue weighted by molar-refractivity contribution is -0.136. The third-order valence-corrected chi connectivity index (χ3v) is 5.28. The number of rotatable bonds is 7. The molecule has 0 radical (unpaired) electrons. The molecule has 0 unspecified atom stereocenters. The molecule has 0 bridgehead atoms. The third kappa shape index (κ3) is 6.28. The number of nitrogens with one attached hydrogen (secondary N) is 1. The van der Waals surface area contributed by atoms with Crippen molar-refractivity contribution in [2.45, 2.75) is 11.8 Å². The molecule has 0 aliphatic heterocycles. The molecular formula is C19H20ClN3O6S. The van der Waals surface area contributed by atoms with Crippen LogP contribution >= 0.6 is 11.6 Å². The van der Waals surface area contributed by atoms with Crippen LogP contribution in [0.4, 0.5) is 5.69 Å². The lowest BCUT2D eigenvalue weighted by Gasteiger charge is -2.17. The maximum Gasteiger partial charge on any atom is 0.338 e. The van der Waals surface area contributed by atoms with Crippen molar-refractivity contribution in [2.24, 2.45) is 5.14 Å². The number of nitrogens with two attached hydrogens (primary N) is 1. The number of anilines is 1. The van der Waals surface area contributed by atoms with Gasteiger partial charge in [-0.25, -0.2) is 18.4 Å². The van der Waals surface area contributed by atoms with Crippen molar-refractivity contribution in [3.8, 4) is 0 Å². The van der Waals surface area contributed by atoms with Gasteiger partial charge in [-0.05, 0) is 36.8 Å². The summed E-state index contributed by atoms with van der Waals surface area (Å²) in [5.74, 6) is -2.00. The first kappa shape index (κ1) is 23.3. The number of nitrogens with zero attached hydrogens (tertiary/aromatic N) is 1. The zero-order chi connectivity index (χ0) is 22.5. The van der Waals surface area contributed by atoms with Crippen LogP contribution in [0.15, 0.2) is 47.4 Å². The third-order valence-electron chi connectivity index (χ3n) is 4.04. The Hall–Kier alpha value is -2.95. The zero-order valence-electron chi connectivity index (χ0n) is 16.2. The number of primary sulfonamides is 1. The number of aryl methyl sites for hydroxylation is 1. The van der Waals surface area contributed by atoms with Crippen LogP contribution in [0.3, 0.4) is 0 Å². The van der Waals surface area contributed by atoms with Gasteiger partial charge in [0.05, 0.1) is 27.7 Å². The van der Waals surface area contributed by atoms with Crippen molar-refractivity contribution < 1.29 is 27.5 Å². The molecule has 3 N–H and O–H groups in total. The van der Waals surface area contributed by atoms with Gasteiger partial charge in [0.1, 0.15) is 0 Å². The molecule has 0 saturated heterocycles. The Morgan fingerprint density at radius 1 is 1.17 bits per heavy atom. The number of esters is 1. The van der Waals surface area contributed by atoms with Crippen molar-refractivity contribution in [1.29, 1.82) is 0 Å². The average molecular weight is 454 g/mol. The van der Waals surface area contributed by atoms with Crippen LogP contribution in [0.1, 0.15) is 15.9 Å². The van der Waals surface area contributed by atoms with E-state index in [2.05, 4.69) is 5.32 Å². The highest BCUT2D eigenvalue weighted by atomic mass is 35.5. The SMILES string of the molecule is Cc1ccc(S(N)(=O)=O)cc1C(=O)OCC(=O)N(C)CC(=O)Nc1ccccc1Cl. The minimum Gasteiger partial charge on any atom is -0.452 e. The van der Waals surface area contributed by atoms with Gasteiger partial charge in [-0.2, -0.15) is 0 Å². The summed E-state index contributed by atoms with van der Waals surface area (Å²) in [5, 5.41) is 7.99. The fourth-order valence-electron chi connectivity index (χ4n) is 2.37. The van der Waals surface area contributed by atoms with E-state index in [1.807, 2.05) is 0 Å². The van der Waals surface area contributed by atoms with Gasteiger partial charge in [0.25, 0.3) is 5.91 Å². The summed E-state index contributed by atoms with van der Waals surface area (Å²) in [6.45, 7) is 0.659. The van der Waals surface area contributed by atoms with E-state index >= 15 is 0 Å². The summed E-state index contributed by atoms with van der Waals surface area (Å²) >= 11 is 5.96. The van der Waals surface area contributed by atoms with Crippen LogP contribution in [0, 0.1) is 6.92 Å². The summed E-state index contributed by atoms with van der Waals surface area (Å²) in [4.78, 5) is 37.3. The summed E-state index contributed by atoms with van der Waals surface area (Å²) in [6.07, 6.45) is 0. The molecule has 0 aliphatic rings. The van der Waals surface area contributed by atoms with E-state index in [1.165, 1.54) is 19.2 Å². The highest BCUT2D eigenvalue weighted by Gasteiger charge is 2.19. The van der Waals surface area contributed by atoms with Gasteiger partial charge in [0.2, 0.25) is 15.9 Å². The molecule has 2 aromatic rings. The van der Waals surface area contributed by atoms with Crippen molar-refractivity contribution >= 4 is 45.1 Å². The summed E-state index contributed by atoms with van der Waals surface area (Å²) in [7, 11) is -2.63. The van der Waals surface area contributed by atoms with E-state index in [0.717, 1.165) is 11.0 Å². The average Bonchev–Trinajstić information content (AvgIpc) is 2.67. The number of likely N-dealkylation sites (N-methyl/N-ethyl adjacent to an activating group) is 1. The van der Waals surface area contributed by atoms with Gasteiger partial charge in [-0.15, -0.1) is 0 Å². The van der Waals surface area contributed by atoms with Gasteiger partial charge < -0.3 is 15.0 Å². The maximum atomic E-state index is 12.3. The number of hydrogen-bond acceptors (Lipinski definition) is 6. The quantitative estimate of drug-likeness (QED) is 0.610. The first-order valence-corrected chi connectivity index (χ1v) is 10.5. The van der Waals surface area contributed by atoms with Crippen LogP contribution in [-0.4, -0.2) is 51.3 Å². The van der Waals surface area contributed by atoms with Crippen molar-refractivity contribution in [2.75, 3.05) is 25.5 Å². The number of halogens is 1. The smallest absolute Gasteiger partial charge is 0.338 e. The Balaban J connectivity index is 1.94. The Labute approximate surface area is 178 Å². The van der Waals surface area contributed by atoms with Gasteiger partial charge >= 0.3 is 5.97 Å². The van der Waals surface area contributed by atoms with Gasteiger partial charge in [0, 0.05) is 7.05 Å². The molecule has 0 heterocycles. The molecule has 160 valence electrons. The van der Waals surface area contributed by atoms with Gasteiger partial charge in [0.15, 0.2) is 6.61 Å². The fourth-order valence-corrected chi connectivity index (χ4v) is 3.09. The van der Waals surface area contributed by atoms with E-state index in [1.54, 1.807) is 31.2 Å². The largest absolute Gasteiger partial charge is 0.452 e. The fraction of sp³-hybridized carbons (Fsp3) is 0.211. The first-order valence-electron chi connectivity index (χ1n) is 8.58. The molecule has 30 heavy (non-hydrogen) atoms. The molecule has 0 saturated carbocycles. The molecule has 11 heteroatoms. The predicted octanol–water partition coefficient (Wildman–Crippen LogP) is 1.55. The second-order valence-corrected chi connectivity index (χ2v) is 8.34. The molecule has 2 amide bonds. The zero-order valence-corrected chi connectivity index (χ0v) is 17.8.